The lowest BCUT2D eigenvalue weighted by Crippen LogP contribution is -2.50. The minimum atomic E-state index is -5.13. The van der Waals surface area contributed by atoms with Crippen LogP contribution in [0.25, 0.3) is 0 Å². The molecule has 0 aromatic heterocycles. The van der Waals surface area contributed by atoms with E-state index in [1.807, 2.05) is 12.2 Å². The molecule has 5 nitrogen and oxygen atoms in total. The lowest BCUT2D eigenvalue weighted by atomic mass is 9.63. The van der Waals surface area contributed by atoms with Crippen LogP contribution < -0.4 is 4.90 Å². The number of halogens is 3. The molecule has 4 aliphatic carbocycles. The van der Waals surface area contributed by atoms with Crippen LogP contribution in [-0.4, -0.2) is 35.5 Å². The first-order valence-electron chi connectivity index (χ1n) is 10.1. The van der Waals surface area contributed by atoms with Gasteiger partial charge in [-0.25, -0.2) is 0 Å². The second-order valence-electron chi connectivity index (χ2n) is 8.87. The fraction of sp³-hybridized carbons (Fsp3) is 0.500. The van der Waals surface area contributed by atoms with Crippen molar-refractivity contribution in [3.63, 3.8) is 0 Å². The summed E-state index contributed by atoms with van der Waals surface area (Å²) in [5.74, 6) is -3.30. The largest absolute Gasteiger partial charge is 0.471 e. The van der Waals surface area contributed by atoms with Crippen LogP contribution in [-0.2, 0) is 14.4 Å². The number of likely N-dealkylation sites (tertiary alicyclic amines) is 1. The standard InChI is InChI=1S/C22H21F3N2O3/c1-10-4-3-5-11(2)18(10)26(21(30)22(23,24)25)9-27-19(28)16-12-6-7-13(15-8-14(12)15)17(16)20(27)29/h3-7,12-17H,8-9H2,1-2H3/t12-,13-,14-,15-,16-,17+/m0/s1. The van der Waals surface area contributed by atoms with Crippen molar-refractivity contribution in [2.75, 3.05) is 11.6 Å². The predicted molar refractivity (Wildman–Crippen MR) is 101 cm³/mol. The molecular weight excluding hydrogens is 397 g/mol. The molecule has 1 aromatic rings. The Bertz CT molecular complexity index is 946. The fourth-order valence-corrected chi connectivity index (χ4v) is 5.92. The monoisotopic (exact) mass is 418 g/mol. The van der Waals surface area contributed by atoms with Crippen molar-refractivity contribution < 1.29 is 27.6 Å². The van der Waals surface area contributed by atoms with Crippen molar-refractivity contribution in [3.8, 4) is 0 Å². The molecule has 2 saturated carbocycles. The van der Waals surface area contributed by atoms with E-state index < -0.39 is 42.4 Å². The number of amides is 3. The van der Waals surface area contributed by atoms with Crippen LogP contribution in [0.15, 0.2) is 30.4 Å². The molecule has 3 fully saturated rings. The van der Waals surface area contributed by atoms with Gasteiger partial charge in [-0.05, 0) is 55.1 Å². The number of rotatable bonds is 3. The molecule has 0 unspecified atom stereocenters. The normalized spacial score (nSPS) is 33.6. The molecule has 1 saturated heterocycles. The van der Waals surface area contributed by atoms with Crippen molar-refractivity contribution in [3.05, 3.63) is 41.5 Å². The quantitative estimate of drug-likeness (QED) is 0.560. The van der Waals surface area contributed by atoms with Crippen molar-refractivity contribution in [2.24, 2.45) is 35.5 Å². The van der Waals surface area contributed by atoms with Gasteiger partial charge in [0.1, 0.15) is 6.67 Å². The number of benzene rings is 1. The van der Waals surface area contributed by atoms with Gasteiger partial charge < -0.3 is 0 Å². The lowest BCUT2D eigenvalue weighted by Gasteiger charge is -2.37. The second kappa shape index (κ2) is 6.18. The van der Waals surface area contributed by atoms with Gasteiger partial charge in [-0.2, -0.15) is 13.2 Å². The first-order chi connectivity index (χ1) is 14.1. The molecule has 1 aliphatic heterocycles. The number of carbonyl (C=O) groups is 3. The number of allylic oxidation sites excluding steroid dienone is 2. The summed E-state index contributed by atoms with van der Waals surface area (Å²) in [6.45, 7) is 2.48. The minimum absolute atomic E-state index is 0.0292. The highest BCUT2D eigenvalue weighted by atomic mass is 19.4. The van der Waals surface area contributed by atoms with Crippen molar-refractivity contribution in [2.45, 2.75) is 26.4 Å². The Morgan fingerprint density at radius 1 is 1.03 bits per heavy atom. The number of nitrogens with zero attached hydrogens (tertiary/aromatic N) is 2. The maximum atomic E-state index is 13.4. The maximum Gasteiger partial charge on any atom is 0.471 e. The molecule has 0 radical (unpaired) electrons. The highest BCUT2D eigenvalue weighted by Gasteiger charge is 2.67. The zero-order chi connectivity index (χ0) is 21.5. The molecular formula is C22H21F3N2O3. The lowest BCUT2D eigenvalue weighted by molar-refractivity contribution is -0.171. The van der Waals surface area contributed by atoms with E-state index >= 15 is 0 Å². The summed E-state index contributed by atoms with van der Waals surface area (Å²) in [7, 11) is 0. The van der Waals surface area contributed by atoms with Crippen molar-refractivity contribution in [1.29, 1.82) is 0 Å². The Balaban J connectivity index is 1.51. The van der Waals surface area contributed by atoms with E-state index in [0.29, 0.717) is 27.9 Å². The molecule has 0 spiro atoms. The molecule has 0 N–H and O–H groups in total. The van der Waals surface area contributed by atoms with Gasteiger partial charge in [-0.1, -0.05) is 30.4 Å². The fourth-order valence-electron chi connectivity index (χ4n) is 5.92. The molecule has 2 bridgehead atoms. The van der Waals surface area contributed by atoms with E-state index in [4.69, 9.17) is 0 Å². The smallest absolute Gasteiger partial charge is 0.285 e. The molecule has 3 amide bonds. The van der Waals surface area contributed by atoms with Crippen LogP contribution in [0.2, 0.25) is 0 Å². The molecule has 1 heterocycles. The van der Waals surface area contributed by atoms with Crippen LogP contribution in [0, 0.1) is 49.4 Å². The van der Waals surface area contributed by atoms with Crippen LogP contribution in [0.4, 0.5) is 18.9 Å². The number of anilines is 1. The highest BCUT2D eigenvalue weighted by molar-refractivity contribution is 6.08. The Morgan fingerprint density at radius 3 is 2.00 bits per heavy atom. The minimum Gasteiger partial charge on any atom is -0.285 e. The number of carbonyl (C=O) groups excluding carboxylic acids is 3. The third kappa shape index (κ3) is 2.58. The molecule has 158 valence electrons. The van der Waals surface area contributed by atoms with E-state index in [2.05, 4.69) is 0 Å². The van der Waals surface area contributed by atoms with Gasteiger partial charge in [-0.15, -0.1) is 0 Å². The summed E-state index contributed by atoms with van der Waals surface area (Å²) < 4.78 is 40.2. The summed E-state index contributed by atoms with van der Waals surface area (Å²) in [5.41, 5.74) is 1.01. The summed E-state index contributed by atoms with van der Waals surface area (Å²) in [5, 5.41) is 0. The number of para-hydroxylation sites is 1. The van der Waals surface area contributed by atoms with Crippen molar-refractivity contribution >= 4 is 23.4 Å². The third-order valence-corrected chi connectivity index (χ3v) is 7.23. The summed E-state index contributed by atoms with van der Waals surface area (Å²) >= 11 is 0. The van der Waals surface area contributed by atoms with Gasteiger partial charge >= 0.3 is 12.1 Å². The van der Waals surface area contributed by atoms with E-state index in [0.717, 1.165) is 11.3 Å². The van der Waals surface area contributed by atoms with Crippen LogP contribution >= 0.6 is 0 Å². The molecule has 5 aliphatic rings. The van der Waals surface area contributed by atoms with E-state index in [9.17, 15) is 27.6 Å². The Morgan fingerprint density at radius 2 is 1.53 bits per heavy atom. The van der Waals surface area contributed by atoms with E-state index in [1.165, 1.54) is 0 Å². The molecule has 1 aromatic carbocycles. The first-order valence-corrected chi connectivity index (χ1v) is 10.1. The summed E-state index contributed by atoms with van der Waals surface area (Å²) in [4.78, 5) is 40.1. The average Bonchev–Trinajstić information content (AvgIpc) is 3.46. The molecule has 30 heavy (non-hydrogen) atoms. The van der Waals surface area contributed by atoms with Gasteiger partial charge in [0.05, 0.1) is 17.5 Å². The molecule has 8 heteroatoms. The van der Waals surface area contributed by atoms with Gasteiger partial charge in [0.2, 0.25) is 11.8 Å². The highest BCUT2D eigenvalue weighted by Crippen LogP contribution is 2.65. The predicted octanol–water partition coefficient (Wildman–Crippen LogP) is 3.21. The van der Waals surface area contributed by atoms with Gasteiger partial charge in [0.25, 0.3) is 0 Å². The van der Waals surface area contributed by atoms with Crippen LogP contribution in [0.3, 0.4) is 0 Å². The van der Waals surface area contributed by atoms with Gasteiger partial charge in [0, 0.05) is 0 Å². The maximum absolute atomic E-state index is 13.4. The number of imide groups is 1. The van der Waals surface area contributed by atoms with Gasteiger partial charge in [-0.3, -0.25) is 24.2 Å². The van der Waals surface area contributed by atoms with Gasteiger partial charge in [0.15, 0.2) is 0 Å². The zero-order valence-corrected chi connectivity index (χ0v) is 16.5. The van der Waals surface area contributed by atoms with Crippen molar-refractivity contribution in [1.82, 2.24) is 4.90 Å². The topological polar surface area (TPSA) is 57.7 Å². The number of aryl methyl sites for hydroxylation is 2. The average molecular weight is 418 g/mol. The first kappa shape index (κ1) is 19.3. The van der Waals surface area contributed by atoms with Crippen LogP contribution in [0.5, 0.6) is 0 Å². The van der Waals surface area contributed by atoms with E-state index in [-0.39, 0.29) is 17.5 Å². The molecule has 6 rings (SSSR count). The summed E-state index contributed by atoms with van der Waals surface area (Å²) in [6, 6.07) is 4.88. The number of alkyl halides is 3. The number of hydrogen-bond acceptors (Lipinski definition) is 3. The number of hydrogen-bond donors (Lipinski definition) is 0. The Labute approximate surface area is 171 Å². The molecule has 6 atom stereocenters. The SMILES string of the molecule is Cc1cccc(C)c1N(CN1C(=O)[C@@H]2[C@H]3C=C[C@@H]([C@@H]4C[C@@H]34)[C@@H]2C1=O)C(=O)C(F)(F)F. The van der Waals surface area contributed by atoms with Crippen LogP contribution in [0.1, 0.15) is 17.5 Å². The Hall–Kier alpha value is -2.64. The Kier molecular flexibility index (Phi) is 3.98. The van der Waals surface area contributed by atoms with E-state index in [1.54, 1.807) is 32.0 Å². The second-order valence-corrected chi connectivity index (χ2v) is 8.87. The zero-order valence-electron chi connectivity index (χ0n) is 16.5. The summed E-state index contributed by atoms with van der Waals surface area (Å²) in [6.07, 6.45) is -0.135. The third-order valence-electron chi connectivity index (χ3n) is 7.23.